The van der Waals surface area contributed by atoms with Crippen LogP contribution in [-0.2, 0) is 15.9 Å². The van der Waals surface area contributed by atoms with E-state index in [-0.39, 0.29) is 28.6 Å². The number of phenols is 1. The number of fused-ring (bicyclic) bond motifs is 2. The second-order valence-corrected chi connectivity index (χ2v) is 8.53. The summed E-state index contributed by atoms with van der Waals surface area (Å²) in [5.74, 6) is 0.527. The van der Waals surface area contributed by atoms with E-state index < -0.39 is 49.0 Å². The fourth-order valence-corrected chi connectivity index (χ4v) is 4.05. The predicted octanol–water partition coefficient (Wildman–Crippen LogP) is -0.294. The van der Waals surface area contributed by atoms with Gasteiger partial charge in [-0.15, -0.1) is 0 Å². The zero-order valence-electron chi connectivity index (χ0n) is 17.3. The molecule has 0 amide bonds. The van der Waals surface area contributed by atoms with Crippen molar-refractivity contribution < 1.29 is 44.2 Å². The van der Waals surface area contributed by atoms with Gasteiger partial charge in [0.05, 0.1) is 6.61 Å². The highest BCUT2D eigenvalue weighted by Gasteiger charge is 2.48. The summed E-state index contributed by atoms with van der Waals surface area (Å²) >= 11 is 0. The van der Waals surface area contributed by atoms with Gasteiger partial charge in [0.25, 0.3) is 0 Å². The van der Waals surface area contributed by atoms with E-state index in [1.807, 2.05) is 0 Å². The fourth-order valence-electron chi connectivity index (χ4n) is 4.05. The van der Waals surface area contributed by atoms with Gasteiger partial charge in [0.1, 0.15) is 64.3 Å². The van der Waals surface area contributed by atoms with Crippen molar-refractivity contribution in [2.45, 2.75) is 69.6 Å². The highest BCUT2D eigenvalue weighted by Crippen LogP contribution is 2.43. The van der Waals surface area contributed by atoms with Crippen LogP contribution in [0.15, 0.2) is 21.3 Å². The third-order valence-corrected chi connectivity index (χ3v) is 5.88. The summed E-state index contributed by atoms with van der Waals surface area (Å²) in [5.41, 5.74) is -0.827. The lowest BCUT2D eigenvalue weighted by Crippen LogP contribution is -2.61. The minimum absolute atomic E-state index is 0.0706. The molecule has 31 heavy (non-hydrogen) atoms. The van der Waals surface area contributed by atoms with E-state index in [0.717, 1.165) is 0 Å². The monoisotopic (exact) mass is 438 g/mol. The van der Waals surface area contributed by atoms with Crippen molar-refractivity contribution in [3.63, 3.8) is 0 Å². The minimum Gasteiger partial charge on any atom is -0.507 e. The number of rotatable bonds is 4. The van der Waals surface area contributed by atoms with E-state index in [2.05, 4.69) is 0 Å². The molecule has 5 N–H and O–H groups in total. The zero-order valence-corrected chi connectivity index (χ0v) is 17.3. The smallest absolute Gasteiger partial charge is 0.196 e. The molecule has 0 unspecified atom stereocenters. The van der Waals surface area contributed by atoms with Crippen LogP contribution in [-0.4, -0.2) is 74.6 Å². The first-order valence-corrected chi connectivity index (χ1v) is 9.97. The lowest BCUT2D eigenvalue weighted by molar-refractivity contribution is -0.329. The second-order valence-electron chi connectivity index (χ2n) is 8.53. The number of benzene rings is 1. The Morgan fingerprint density at radius 2 is 1.87 bits per heavy atom. The number of ether oxygens (including phenoxy) is 3. The average molecular weight is 438 g/mol. The van der Waals surface area contributed by atoms with Gasteiger partial charge in [-0.1, -0.05) is 0 Å². The minimum atomic E-state index is -1.57. The van der Waals surface area contributed by atoms with E-state index >= 15 is 0 Å². The Kier molecular flexibility index (Phi) is 5.49. The fraction of sp³-hybridized carbons (Fsp3) is 0.571. The Bertz CT molecular complexity index is 1040. The van der Waals surface area contributed by atoms with Gasteiger partial charge in [0.15, 0.2) is 11.7 Å². The van der Waals surface area contributed by atoms with E-state index in [9.17, 15) is 30.3 Å². The lowest BCUT2D eigenvalue weighted by atomic mass is 9.94. The number of aliphatic hydroxyl groups is 4. The summed E-state index contributed by atoms with van der Waals surface area (Å²) in [5, 5.41) is 50.3. The molecule has 10 nitrogen and oxygen atoms in total. The van der Waals surface area contributed by atoms with Gasteiger partial charge >= 0.3 is 0 Å². The molecule has 10 heteroatoms. The largest absolute Gasteiger partial charge is 0.507 e. The Morgan fingerprint density at radius 3 is 2.55 bits per heavy atom. The van der Waals surface area contributed by atoms with E-state index in [0.29, 0.717) is 17.1 Å². The first-order valence-electron chi connectivity index (χ1n) is 9.97. The van der Waals surface area contributed by atoms with Crippen molar-refractivity contribution in [3.8, 4) is 11.5 Å². The number of hydrogen-bond acceptors (Lipinski definition) is 10. The molecule has 4 rings (SSSR count). The molecule has 0 spiro atoms. The second kappa shape index (κ2) is 7.73. The van der Waals surface area contributed by atoms with Crippen molar-refractivity contribution >= 4 is 11.0 Å². The molecular weight excluding hydrogens is 412 g/mol. The number of aromatic hydroxyl groups is 1. The molecule has 0 saturated carbocycles. The topological polar surface area (TPSA) is 159 Å². The molecule has 2 aliphatic heterocycles. The summed E-state index contributed by atoms with van der Waals surface area (Å²) in [7, 11) is 0. The molecule has 1 saturated heterocycles. The molecule has 1 fully saturated rings. The molecule has 0 radical (unpaired) electrons. The summed E-state index contributed by atoms with van der Waals surface area (Å²) < 4.78 is 22.8. The molecule has 1 aromatic carbocycles. The van der Waals surface area contributed by atoms with Crippen LogP contribution in [0, 0.1) is 6.92 Å². The first kappa shape index (κ1) is 22.0. The third kappa shape index (κ3) is 3.69. The molecule has 6 atom stereocenters. The number of phenolic OH excluding ortho intramolecular Hbond substituents is 1. The molecule has 0 bridgehead atoms. The van der Waals surface area contributed by atoms with Crippen molar-refractivity contribution in [2.75, 3.05) is 6.61 Å². The van der Waals surface area contributed by atoms with Gasteiger partial charge in [-0.3, -0.25) is 4.79 Å². The van der Waals surface area contributed by atoms with Crippen molar-refractivity contribution in [1.29, 1.82) is 0 Å². The third-order valence-electron chi connectivity index (χ3n) is 5.88. The standard InChI is InChI=1S/C21H26O10/c1-8-4-10(23)15-12(28-8)6-11-9(16(15)24)5-14(29-11)21(2,3)31-20-19(27)18(26)17(25)13(7-22)30-20/h4,6,13-14,17-20,22,24-27H,5,7H2,1-3H3/t13-,14+,17+,18+,19+,20+/m0/s1. The van der Waals surface area contributed by atoms with Crippen molar-refractivity contribution in [1.82, 2.24) is 0 Å². The molecular formula is C21H26O10. The molecule has 2 aromatic rings. The Labute approximate surface area is 177 Å². The number of aliphatic hydroxyl groups excluding tert-OH is 4. The van der Waals surface area contributed by atoms with Crippen LogP contribution in [0.3, 0.4) is 0 Å². The van der Waals surface area contributed by atoms with Gasteiger partial charge in [0.2, 0.25) is 0 Å². The Hall–Kier alpha value is -2.21. The van der Waals surface area contributed by atoms with E-state index in [1.54, 1.807) is 26.8 Å². The molecule has 2 aliphatic rings. The maximum absolute atomic E-state index is 12.3. The van der Waals surface area contributed by atoms with Crippen LogP contribution in [0.4, 0.5) is 0 Å². The van der Waals surface area contributed by atoms with Gasteiger partial charge in [-0.05, 0) is 20.8 Å². The highest BCUT2D eigenvalue weighted by molar-refractivity contribution is 5.87. The maximum Gasteiger partial charge on any atom is 0.196 e. The van der Waals surface area contributed by atoms with Crippen LogP contribution in [0.1, 0.15) is 25.2 Å². The number of hydrogen-bond donors (Lipinski definition) is 5. The van der Waals surface area contributed by atoms with Crippen molar-refractivity contribution in [2.24, 2.45) is 0 Å². The molecule has 3 heterocycles. The quantitative estimate of drug-likeness (QED) is 0.429. The normalized spacial score (nSPS) is 30.9. The van der Waals surface area contributed by atoms with Crippen LogP contribution >= 0.6 is 0 Å². The van der Waals surface area contributed by atoms with E-state index in [4.69, 9.17) is 18.6 Å². The zero-order chi connectivity index (χ0) is 22.7. The number of aryl methyl sites for hydroxylation is 1. The summed E-state index contributed by atoms with van der Waals surface area (Å²) in [6, 6.07) is 2.84. The van der Waals surface area contributed by atoms with Gasteiger partial charge < -0.3 is 44.2 Å². The molecule has 0 aliphatic carbocycles. The predicted molar refractivity (Wildman–Crippen MR) is 106 cm³/mol. The van der Waals surface area contributed by atoms with Gasteiger partial charge in [-0.25, -0.2) is 0 Å². The van der Waals surface area contributed by atoms with Crippen molar-refractivity contribution in [3.05, 3.63) is 33.7 Å². The maximum atomic E-state index is 12.3. The Balaban J connectivity index is 1.59. The Morgan fingerprint density at radius 1 is 1.16 bits per heavy atom. The summed E-state index contributed by atoms with van der Waals surface area (Å²) in [4.78, 5) is 12.3. The van der Waals surface area contributed by atoms with Crippen LogP contribution in [0.25, 0.3) is 11.0 Å². The van der Waals surface area contributed by atoms with Crippen LogP contribution in [0.2, 0.25) is 0 Å². The van der Waals surface area contributed by atoms with Gasteiger partial charge in [-0.2, -0.15) is 0 Å². The van der Waals surface area contributed by atoms with E-state index in [1.165, 1.54) is 6.07 Å². The lowest BCUT2D eigenvalue weighted by Gasteiger charge is -2.43. The highest BCUT2D eigenvalue weighted by atomic mass is 16.7. The molecule has 1 aromatic heterocycles. The van der Waals surface area contributed by atoms with Crippen LogP contribution in [0.5, 0.6) is 11.5 Å². The average Bonchev–Trinajstić information content (AvgIpc) is 3.13. The molecule has 170 valence electrons. The summed E-state index contributed by atoms with van der Waals surface area (Å²) in [6.45, 7) is 4.41. The van der Waals surface area contributed by atoms with Gasteiger partial charge in [0, 0.05) is 24.1 Å². The van der Waals surface area contributed by atoms with Crippen LogP contribution < -0.4 is 10.2 Å². The SMILES string of the molecule is Cc1cc(=O)c2c(O)c3c(cc2o1)O[C@@H](C(C)(C)O[C@H]1O[C@@H](CO)[C@@H](O)[C@@H](O)[C@H]1O)C3. The first-order chi connectivity index (χ1) is 14.5. The summed E-state index contributed by atoms with van der Waals surface area (Å²) in [6.07, 6.45) is -7.49.